The summed E-state index contributed by atoms with van der Waals surface area (Å²) in [6.07, 6.45) is 5.00. The van der Waals surface area contributed by atoms with Crippen LogP contribution in [0.5, 0.6) is 5.75 Å². The van der Waals surface area contributed by atoms with Crippen molar-refractivity contribution in [3.8, 4) is 5.75 Å². The zero-order valence-electron chi connectivity index (χ0n) is 17.1. The van der Waals surface area contributed by atoms with Crippen LogP contribution in [0.4, 0.5) is 13.2 Å². The molecular formula is C21H29F3O3S. The van der Waals surface area contributed by atoms with Crippen LogP contribution in [-0.4, -0.2) is 13.9 Å². The predicted molar refractivity (Wildman–Crippen MR) is 103 cm³/mol. The van der Waals surface area contributed by atoms with Gasteiger partial charge in [0.15, 0.2) is 0 Å². The second-order valence-electron chi connectivity index (χ2n) is 9.54. The van der Waals surface area contributed by atoms with Crippen LogP contribution >= 0.6 is 0 Å². The standard InChI is InChI=1S/C21H29F3O3S/c1-13(2)15-11-14-7-8-18-19(3,4)9-6-10-20(18,5)16(14)12-17(15)27-28(25,26)21(22,23)24/h11-13,18H,6-10H2,1-5H3/t18-,20+/m0/s1. The molecule has 1 saturated carbocycles. The molecule has 0 unspecified atom stereocenters. The van der Waals surface area contributed by atoms with Gasteiger partial charge in [0.1, 0.15) is 5.75 Å². The topological polar surface area (TPSA) is 43.4 Å². The maximum atomic E-state index is 12.9. The van der Waals surface area contributed by atoms with Gasteiger partial charge >= 0.3 is 15.6 Å². The largest absolute Gasteiger partial charge is 0.534 e. The number of alkyl halides is 3. The number of benzene rings is 1. The highest BCUT2D eigenvalue weighted by Gasteiger charge is 2.51. The van der Waals surface area contributed by atoms with E-state index in [1.54, 1.807) is 6.07 Å². The van der Waals surface area contributed by atoms with Gasteiger partial charge in [0.2, 0.25) is 0 Å². The molecule has 2 atom stereocenters. The van der Waals surface area contributed by atoms with Crippen molar-refractivity contribution in [2.24, 2.45) is 11.3 Å². The summed E-state index contributed by atoms with van der Waals surface area (Å²) in [5.74, 6) is 0.0617. The molecule has 158 valence electrons. The molecule has 0 radical (unpaired) electrons. The highest BCUT2D eigenvalue weighted by molar-refractivity contribution is 7.88. The number of hydrogen-bond donors (Lipinski definition) is 0. The first-order valence-electron chi connectivity index (χ1n) is 9.87. The van der Waals surface area contributed by atoms with Gasteiger partial charge in [-0.1, -0.05) is 47.1 Å². The predicted octanol–water partition coefficient (Wildman–Crippen LogP) is 6.07. The molecule has 3 nitrogen and oxygen atoms in total. The summed E-state index contributed by atoms with van der Waals surface area (Å²) in [6.45, 7) is 10.3. The van der Waals surface area contributed by atoms with Crippen LogP contribution in [0.15, 0.2) is 12.1 Å². The Bertz CT molecular complexity index is 872. The Morgan fingerprint density at radius 3 is 2.36 bits per heavy atom. The van der Waals surface area contributed by atoms with E-state index in [1.165, 1.54) is 0 Å². The second kappa shape index (κ2) is 6.64. The summed E-state index contributed by atoms with van der Waals surface area (Å²) in [7, 11) is -5.71. The number of fused-ring (bicyclic) bond motifs is 3. The fourth-order valence-electron chi connectivity index (χ4n) is 5.52. The lowest BCUT2D eigenvalue weighted by Gasteiger charge is -2.54. The molecule has 0 aliphatic heterocycles. The third-order valence-corrected chi connectivity index (χ3v) is 7.85. The van der Waals surface area contributed by atoms with Crippen LogP contribution < -0.4 is 4.18 Å². The first-order valence-corrected chi connectivity index (χ1v) is 11.3. The van der Waals surface area contributed by atoms with Crippen LogP contribution in [-0.2, 0) is 22.0 Å². The van der Waals surface area contributed by atoms with Crippen LogP contribution in [0, 0.1) is 11.3 Å². The third kappa shape index (κ3) is 3.44. The SMILES string of the molecule is CC(C)c1cc2c(cc1OS(=O)(=O)C(F)(F)F)[C@@]1(C)CCCC(C)(C)[C@@H]1CC2. The van der Waals surface area contributed by atoms with Gasteiger partial charge in [0.25, 0.3) is 0 Å². The van der Waals surface area contributed by atoms with Crippen molar-refractivity contribution in [1.29, 1.82) is 0 Å². The van der Waals surface area contributed by atoms with E-state index in [0.29, 0.717) is 11.5 Å². The van der Waals surface area contributed by atoms with Crippen molar-refractivity contribution in [2.45, 2.75) is 83.6 Å². The normalized spacial score (nSPS) is 27.2. The minimum atomic E-state index is -5.71. The van der Waals surface area contributed by atoms with E-state index in [-0.39, 0.29) is 22.5 Å². The lowest BCUT2D eigenvalue weighted by molar-refractivity contribution is -0.0500. The lowest BCUT2D eigenvalue weighted by Crippen LogP contribution is -2.48. The molecule has 1 aromatic carbocycles. The van der Waals surface area contributed by atoms with Gasteiger partial charge in [-0.15, -0.1) is 0 Å². The van der Waals surface area contributed by atoms with Gasteiger partial charge in [-0.2, -0.15) is 21.6 Å². The highest BCUT2D eigenvalue weighted by atomic mass is 32.2. The van der Waals surface area contributed by atoms with E-state index >= 15 is 0 Å². The van der Waals surface area contributed by atoms with E-state index in [1.807, 2.05) is 19.9 Å². The molecule has 7 heteroatoms. The van der Waals surface area contributed by atoms with Crippen LogP contribution in [0.2, 0.25) is 0 Å². The van der Waals surface area contributed by atoms with Crippen molar-refractivity contribution in [1.82, 2.24) is 0 Å². The monoisotopic (exact) mass is 418 g/mol. The Kier molecular flexibility index (Phi) is 5.09. The maximum absolute atomic E-state index is 12.9. The molecule has 28 heavy (non-hydrogen) atoms. The molecular weight excluding hydrogens is 389 g/mol. The van der Waals surface area contributed by atoms with Crippen molar-refractivity contribution >= 4 is 10.1 Å². The van der Waals surface area contributed by atoms with Crippen molar-refractivity contribution in [3.05, 3.63) is 28.8 Å². The fraction of sp³-hybridized carbons (Fsp3) is 0.714. The van der Waals surface area contributed by atoms with Crippen LogP contribution in [0.1, 0.15) is 82.9 Å². The lowest BCUT2D eigenvalue weighted by atomic mass is 9.50. The first-order chi connectivity index (χ1) is 12.7. The maximum Gasteiger partial charge on any atom is 0.534 e. The summed E-state index contributed by atoms with van der Waals surface area (Å²) in [6, 6.07) is 3.45. The summed E-state index contributed by atoms with van der Waals surface area (Å²) in [4.78, 5) is 0. The number of rotatable bonds is 3. The molecule has 3 rings (SSSR count). The summed E-state index contributed by atoms with van der Waals surface area (Å²) < 4.78 is 66.8. The minimum Gasteiger partial charge on any atom is -0.376 e. The van der Waals surface area contributed by atoms with E-state index in [4.69, 9.17) is 0 Å². The Balaban J connectivity index is 2.15. The molecule has 0 spiro atoms. The van der Waals surface area contributed by atoms with E-state index in [2.05, 4.69) is 25.0 Å². The smallest absolute Gasteiger partial charge is 0.376 e. The third-order valence-electron chi connectivity index (χ3n) is 6.89. The number of halogens is 3. The zero-order valence-corrected chi connectivity index (χ0v) is 17.9. The quantitative estimate of drug-likeness (QED) is 0.442. The van der Waals surface area contributed by atoms with Gasteiger partial charge in [0.05, 0.1) is 0 Å². The van der Waals surface area contributed by atoms with E-state index in [9.17, 15) is 21.6 Å². The van der Waals surface area contributed by atoms with E-state index in [0.717, 1.165) is 43.2 Å². The first kappa shape index (κ1) is 21.5. The average molecular weight is 419 g/mol. The number of hydrogen-bond acceptors (Lipinski definition) is 3. The minimum absolute atomic E-state index is 0.139. The fourth-order valence-corrected chi connectivity index (χ4v) is 6.00. The van der Waals surface area contributed by atoms with Gasteiger partial charge < -0.3 is 4.18 Å². The van der Waals surface area contributed by atoms with Crippen LogP contribution in [0.25, 0.3) is 0 Å². The number of aryl methyl sites for hydroxylation is 1. The Morgan fingerprint density at radius 2 is 1.79 bits per heavy atom. The molecule has 1 aromatic rings. The summed E-state index contributed by atoms with van der Waals surface area (Å²) in [5, 5.41) is 0. The van der Waals surface area contributed by atoms with Crippen molar-refractivity contribution in [2.75, 3.05) is 0 Å². The molecule has 0 heterocycles. The van der Waals surface area contributed by atoms with Gasteiger partial charge in [-0.05, 0) is 71.1 Å². The zero-order chi connectivity index (χ0) is 21.1. The van der Waals surface area contributed by atoms with Gasteiger partial charge in [0, 0.05) is 0 Å². The van der Waals surface area contributed by atoms with Gasteiger partial charge in [-0.25, -0.2) is 0 Å². The molecule has 2 aliphatic carbocycles. The Hall–Kier alpha value is -1.24. The Morgan fingerprint density at radius 1 is 1.14 bits per heavy atom. The average Bonchev–Trinajstić information content (AvgIpc) is 2.52. The molecule has 0 N–H and O–H groups in total. The van der Waals surface area contributed by atoms with Gasteiger partial charge in [-0.3, -0.25) is 0 Å². The highest BCUT2D eigenvalue weighted by Crippen LogP contribution is 2.57. The van der Waals surface area contributed by atoms with Crippen molar-refractivity contribution in [3.63, 3.8) is 0 Å². The van der Waals surface area contributed by atoms with E-state index < -0.39 is 15.6 Å². The van der Waals surface area contributed by atoms with Crippen LogP contribution in [0.3, 0.4) is 0 Å². The summed E-state index contributed by atoms with van der Waals surface area (Å²) in [5.41, 5.74) is -2.93. The molecule has 1 fully saturated rings. The molecule has 0 bridgehead atoms. The molecule has 0 saturated heterocycles. The van der Waals surface area contributed by atoms with Crippen molar-refractivity contribution < 1.29 is 25.8 Å². The Labute approximate surface area is 165 Å². The molecule has 0 amide bonds. The second-order valence-corrected chi connectivity index (χ2v) is 11.1. The molecule has 0 aromatic heterocycles. The summed E-state index contributed by atoms with van der Waals surface area (Å²) >= 11 is 0. The molecule has 2 aliphatic rings.